The first-order valence-electron chi connectivity index (χ1n) is 8.91. The van der Waals surface area contributed by atoms with Gasteiger partial charge in [0.25, 0.3) is 0 Å². The first-order chi connectivity index (χ1) is 12.5. The third kappa shape index (κ3) is 5.31. The normalized spacial score (nSPS) is 12.5. The molecule has 0 bridgehead atoms. The summed E-state index contributed by atoms with van der Waals surface area (Å²) in [7, 11) is 4.10. The first-order valence-corrected chi connectivity index (χ1v) is 9.90. The molecule has 0 spiro atoms. The van der Waals surface area contributed by atoms with Gasteiger partial charge in [-0.1, -0.05) is 37.2 Å². The number of anilines is 1. The van der Waals surface area contributed by atoms with E-state index in [1.165, 1.54) is 11.8 Å². The maximum Gasteiger partial charge on any atom is 0.236 e. The number of carbonyl (C=O) groups is 1. The van der Waals surface area contributed by atoms with Crippen molar-refractivity contribution in [3.8, 4) is 0 Å². The minimum atomic E-state index is -0.144. The van der Waals surface area contributed by atoms with Crippen LogP contribution in [0.15, 0.2) is 15.7 Å². The van der Waals surface area contributed by atoms with Gasteiger partial charge >= 0.3 is 0 Å². The first kappa shape index (κ1) is 20.4. The Bertz CT molecular complexity index is 712. The molecule has 0 fully saturated rings. The maximum atomic E-state index is 12.1. The summed E-state index contributed by atoms with van der Waals surface area (Å²) in [5.74, 6) is 2.15. The minimum Gasteiger partial charge on any atom is -0.360 e. The van der Waals surface area contributed by atoms with Gasteiger partial charge in [0.05, 0.1) is 11.8 Å². The molecule has 0 saturated heterocycles. The standard InChI is InChI=1S/C17H28N6O2S/c1-6-8-9-23-16(13(7-2)22(4)5)19-20-17(23)26-11-15(24)18-14-10-12(3)25-21-14/h10,13H,6-9,11H2,1-5H3,(H,18,21,24). The molecule has 1 amide bonds. The second-order valence-electron chi connectivity index (χ2n) is 6.39. The van der Waals surface area contributed by atoms with Crippen LogP contribution in [0.1, 0.15) is 50.7 Å². The van der Waals surface area contributed by atoms with Gasteiger partial charge in [-0.3, -0.25) is 9.69 Å². The van der Waals surface area contributed by atoms with Gasteiger partial charge in [0.15, 0.2) is 16.8 Å². The largest absolute Gasteiger partial charge is 0.360 e. The van der Waals surface area contributed by atoms with Crippen molar-refractivity contribution >= 4 is 23.5 Å². The Hall–Kier alpha value is -1.87. The zero-order valence-corrected chi connectivity index (χ0v) is 17.0. The summed E-state index contributed by atoms with van der Waals surface area (Å²) in [6.45, 7) is 6.94. The van der Waals surface area contributed by atoms with Gasteiger partial charge in [-0.25, -0.2) is 0 Å². The lowest BCUT2D eigenvalue weighted by Crippen LogP contribution is -2.23. The minimum absolute atomic E-state index is 0.144. The number of carbonyl (C=O) groups excluding carboxylic acids is 1. The van der Waals surface area contributed by atoms with Gasteiger partial charge < -0.3 is 14.4 Å². The van der Waals surface area contributed by atoms with Crippen LogP contribution >= 0.6 is 11.8 Å². The Kier molecular flexibility index (Phi) is 7.65. The number of rotatable bonds is 10. The molecule has 1 unspecified atom stereocenters. The summed E-state index contributed by atoms with van der Waals surface area (Å²) < 4.78 is 7.10. The average molecular weight is 381 g/mol. The smallest absolute Gasteiger partial charge is 0.236 e. The highest BCUT2D eigenvalue weighted by molar-refractivity contribution is 7.99. The van der Waals surface area contributed by atoms with Crippen molar-refractivity contribution < 1.29 is 9.32 Å². The van der Waals surface area contributed by atoms with Crippen LogP contribution in [0.2, 0.25) is 0 Å². The van der Waals surface area contributed by atoms with Crippen molar-refractivity contribution in [2.75, 3.05) is 25.2 Å². The number of nitrogens with one attached hydrogen (secondary N) is 1. The van der Waals surface area contributed by atoms with E-state index in [9.17, 15) is 4.79 Å². The van der Waals surface area contributed by atoms with Crippen LogP contribution in [0.3, 0.4) is 0 Å². The van der Waals surface area contributed by atoms with E-state index in [4.69, 9.17) is 4.52 Å². The molecule has 8 nitrogen and oxygen atoms in total. The molecule has 2 rings (SSSR count). The monoisotopic (exact) mass is 380 g/mol. The molecule has 0 saturated carbocycles. The fourth-order valence-electron chi connectivity index (χ4n) is 2.69. The summed E-state index contributed by atoms with van der Waals surface area (Å²) in [4.78, 5) is 14.3. The van der Waals surface area contributed by atoms with Crippen LogP contribution in [0.25, 0.3) is 0 Å². The number of nitrogens with zero attached hydrogens (tertiary/aromatic N) is 5. The van der Waals surface area contributed by atoms with E-state index in [-0.39, 0.29) is 17.7 Å². The molecule has 1 N–H and O–H groups in total. The predicted octanol–water partition coefficient (Wildman–Crippen LogP) is 3.12. The Morgan fingerprint density at radius 3 is 2.73 bits per heavy atom. The van der Waals surface area contributed by atoms with Gasteiger partial charge in [0, 0.05) is 12.6 Å². The van der Waals surface area contributed by atoms with Crippen molar-refractivity contribution in [3.05, 3.63) is 17.7 Å². The van der Waals surface area contributed by atoms with Crippen LogP contribution < -0.4 is 5.32 Å². The second kappa shape index (κ2) is 9.72. The third-order valence-corrected chi connectivity index (χ3v) is 4.98. The van der Waals surface area contributed by atoms with Crippen molar-refractivity contribution in [2.45, 2.75) is 57.8 Å². The van der Waals surface area contributed by atoms with Crippen molar-refractivity contribution in [2.24, 2.45) is 0 Å². The third-order valence-electron chi connectivity index (χ3n) is 4.02. The Labute approximate surface area is 158 Å². The predicted molar refractivity (Wildman–Crippen MR) is 102 cm³/mol. The molecule has 0 aliphatic carbocycles. The fourth-order valence-corrected chi connectivity index (χ4v) is 3.46. The number of aromatic nitrogens is 4. The molecule has 1 atom stereocenters. The van der Waals surface area contributed by atoms with Gasteiger partial charge in [-0.2, -0.15) is 0 Å². The van der Waals surface area contributed by atoms with Crippen molar-refractivity contribution in [1.29, 1.82) is 0 Å². The summed E-state index contributed by atoms with van der Waals surface area (Å²) in [6.07, 6.45) is 3.09. The molecule has 0 aliphatic heterocycles. The number of hydrogen-bond acceptors (Lipinski definition) is 7. The SMILES string of the molecule is CCCCn1c(SCC(=O)Nc2cc(C)on2)nnc1C(CC)N(C)C. The number of amides is 1. The van der Waals surface area contributed by atoms with Gasteiger partial charge in [-0.05, 0) is 33.9 Å². The van der Waals surface area contributed by atoms with Crippen LogP contribution in [0.5, 0.6) is 0 Å². The van der Waals surface area contributed by atoms with E-state index >= 15 is 0 Å². The average Bonchev–Trinajstić information content (AvgIpc) is 3.18. The van der Waals surface area contributed by atoms with Gasteiger partial charge in [0.2, 0.25) is 5.91 Å². The molecule has 2 heterocycles. The Balaban J connectivity index is 2.07. The highest BCUT2D eigenvalue weighted by Gasteiger charge is 2.22. The molecule has 144 valence electrons. The topological polar surface area (TPSA) is 89.1 Å². The molecular formula is C17H28N6O2S. The Morgan fingerprint density at radius 1 is 1.38 bits per heavy atom. The summed E-state index contributed by atoms with van der Waals surface area (Å²) >= 11 is 1.39. The highest BCUT2D eigenvalue weighted by atomic mass is 32.2. The van der Waals surface area contributed by atoms with E-state index in [0.717, 1.165) is 36.8 Å². The maximum absolute atomic E-state index is 12.1. The molecule has 2 aromatic heterocycles. The van der Waals surface area contributed by atoms with E-state index in [1.54, 1.807) is 13.0 Å². The Morgan fingerprint density at radius 2 is 2.15 bits per heavy atom. The number of unbranched alkanes of at least 4 members (excludes halogenated alkanes) is 1. The lowest BCUT2D eigenvalue weighted by Gasteiger charge is -2.23. The zero-order chi connectivity index (χ0) is 19.1. The van der Waals surface area contributed by atoms with Crippen LogP contribution in [-0.4, -0.2) is 50.6 Å². The lowest BCUT2D eigenvalue weighted by atomic mass is 10.2. The van der Waals surface area contributed by atoms with E-state index < -0.39 is 0 Å². The van der Waals surface area contributed by atoms with Gasteiger partial charge in [0.1, 0.15) is 5.76 Å². The lowest BCUT2D eigenvalue weighted by molar-refractivity contribution is -0.113. The number of thioether (sulfide) groups is 1. The summed E-state index contributed by atoms with van der Waals surface area (Å²) in [5, 5.41) is 16.0. The molecule has 9 heteroatoms. The molecule has 26 heavy (non-hydrogen) atoms. The number of aryl methyl sites for hydroxylation is 1. The quantitative estimate of drug-likeness (QED) is 0.633. The van der Waals surface area contributed by atoms with Gasteiger partial charge in [-0.15, -0.1) is 10.2 Å². The molecule has 0 aromatic carbocycles. The molecule has 0 radical (unpaired) electrons. The fraction of sp³-hybridized carbons (Fsp3) is 0.647. The van der Waals surface area contributed by atoms with Crippen molar-refractivity contribution in [1.82, 2.24) is 24.8 Å². The van der Waals surface area contributed by atoms with E-state index in [2.05, 4.69) is 44.0 Å². The van der Waals surface area contributed by atoms with Crippen LogP contribution in [-0.2, 0) is 11.3 Å². The molecule has 0 aliphatic rings. The summed E-state index contributed by atoms with van der Waals surface area (Å²) in [6, 6.07) is 1.90. The molecular weight excluding hydrogens is 352 g/mol. The van der Waals surface area contributed by atoms with Crippen LogP contribution in [0, 0.1) is 6.92 Å². The van der Waals surface area contributed by atoms with Crippen LogP contribution in [0.4, 0.5) is 5.82 Å². The highest BCUT2D eigenvalue weighted by Crippen LogP contribution is 2.25. The second-order valence-corrected chi connectivity index (χ2v) is 7.34. The van der Waals surface area contributed by atoms with Crippen molar-refractivity contribution in [3.63, 3.8) is 0 Å². The van der Waals surface area contributed by atoms with E-state index in [1.807, 2.05) is 14.1 Å². The number of hydrogen-bond donors (Lipinski definition) is 1. The molecule has 2 aromatic rings. The zero-order valence-electron chi connectivity index (χ0n) is 16.2. The summed E-state index contributed by atoms with van der Waals surface area (Å²) in [5.41, 5.74) is 0. The van der Waals surface area contributed by atoms with E-state index in [0.29, 0.717) is 11.6 Å².